The number of imidazole rings is 1. The van der Waals surface area contributed by atoms with Gasteiger partial charge >= 0.3 is 0 Å². The lowest BCUT2D eigenvalue weighted by Crippen LogP contribution is -2.53. The van der Waals surface area contributed by atoms with Gasteiger partial charge in [-0.1, -0.05) is 19.1 Å². The van der Waals surface area contributed by atoms with Crippen molar-refractivity contribution in [1.82, 2.24) is 24.5 Å². The van der Waals surface area contributed by atoms with Gasteiger partial charge in [-0.2, -0.15) is 0 Å². The minimum atomic E-state index is -0.0429. The molecule has 0 unspecified atom stereocenters. The molecule has 0 saturated carbocycles. The first kappa shape index (κ1) is 21.5. The van der Waals surface area contributed by atoms with E-state index in [1.807, 2.05) is 43.6 Å². The maximum atomic E-state index is 13.4. The van der Waals surface area contributed by atoms with Crippen molar-refractivity contribution in [3.8, 4) is 0 Å². The molecule has 0 aliphatic carbocycles. The van der Waals surface area contributed by atoms with Gasteiger partial charge < -0.3 is 14.6 Å². The highest BCUT2D eigenvalue weighted by Crippen LogP contribution is 2.27. The average molecular weight is 442 g/mol. The Morgan fingerprint density at radius 3 is 2.61 bits per heavy atom. The minimum absolute atomic E-state index is 0.0429. The first-order valence-electron chi connectivity index (χ1n) is 11.7. The van der Waals surface area contributed by atoms with Crippen molar-refractivity contribution in [3.05, 3.63) is 89.3 Å². The first-order chi connectivity index (χ1) is 15.9. The van der Waals surface area contributed by atoms with Crippen molar-refractivity contribution >= 4 is 17.1 Å². The van der Waals surface area contributed by atoms with Crippen molar-refractivity contribution in [2.24, 2.45) is 0 Å². The second kappa shape index (κ2) is 8.52. The summed E-state index contributed by atoms with van der Waals surface area (Å²) in [5.74, 6) is -0.0429. The number of amides is 1. The van der Waals surface area contributed by atoms with E-state index >= 15 is 0 Å². The van der Waals surface area contributed by atoms with Gasteiger partial charge in [0.25, 0.3) is 5.91 Å². The zero-order chi connectivity index (χ0) is 23.1. The molecule has 5 rings (SSSR count). The zero-order valence-corrected chi connectivity index (χ0v) is 19.7. The Kier molecular flexibility index (Phi) is 5.54. The second-order valence-corrected chi connectivity index (χ2v) is 9.24. The number of piperazine rings is 1. The molecule has 2 atom stereocenters. The van der Waals surface area contributed by atoms with Gasteiger partial charge in [-0.05, 0) is 68.2 Å². The number of hydrogen-bond donors (Lipinski definition) is 1. The fourth-order valence-electron chi connectivity index (χ4n) is 4.94. The van der Waals surface area contributed by atoms with E-state index in [0.717, 1.165) is 53.4 Å². The fraction of sp³-hybridized carbons (Fsp3) is 0.333. The monoisotopic (exact) mass is 441 g/mol. The van der Waals surface area contributed by atoms with Crippen molar-refractivity contribution in [2.75, 3.05) is 13.1 Å². The highest BCUT2D eigenvalue weighted by molar-refractivity contribution is 6.00. The fourth-order valence-corrected chi connectivity index (χ4v) is 4.94. The molecule has 0 bridgehead atoms. The van der Waals surface area contributed by atoms with Crippen LogP contribution in [0.4, 0.5) is 0 Å². The van der Waals surface area contributed by atoms with Crippen molar-refractivity contribution < 1.29 is 4.79 Å². The van der Waals surface area contributed by atoms with E-state index in [0.29, 0.717) is 12.1 Å². The van der Waals surface area contributed by atoms with Gasteiger partial charge in [-0.25, -0.2) is 4.98 Å². The number of fused-ring (bicyclic) bond motifs is 2. The van der Waals surface area contributed by atoms with Crippen molar-refractivity contribution in [1.29, 1.82) is 0 Å². The predicted molar refractivity (Wildman–Crippen MR) is 132 cm³/mol. The van der Waals surface area contributed by atoms with Gasteiger partial charge in [0.05, 0.1) is 11.4 Å². The van der Waals surface area contributed by atoms with E-state index in [2.05, 4.69) is 58.7 Å². The highest BCUT2D eigenvalue weighted by Gasteiger charge is 2.25. The van der Waals surface area contributed by atoms with E-state index in [-0.39, 0.29) is 5.91 Å². The Morgan fingerprint density at radius 2 is 1.85 bits per heavy atom. The predicted octanol–water partition coefficient (Wildman–Crippen LogP) is 3.96. The molecule has 2 aromatic heterocycles. The summed E-state index contributed by atoms with van der Waals surface area (Å²) in [6, 6.07) is 2.97. The Morgan fingerprint density at radius 1 is 1.09 bits per heavy atom. The van der Waals surface area contributed by atoms with Crippen LogP contribution in [0.3, 0.4) is 0 Å². The number of aromatic nitrogens is 2. The third-order valence-electron chi connectivity index (χ3n) is 6.41. The molecule has 1 N–H and O–H groups in total. The number of aryl methyl sites for hydroxylation is 2. The van der Waals surface area contributed by atoms with Crippen LogP contribution in [-0.2, 0) is 11.2 Å². The molecule has 6 nitrogen and oxygen atoms in total. The summed E-state index contributed by atoms with van der Waals surface area (Å²) in [6.45, 7) is 10.4. The lowest BCUT2D eigenvalue weighted by atomic mass is 10.0. The Balaban J connectivity index is 1.50. The molecule has 1 saturated heterocycles. The van der Waals surface area contributed by atoms with Gasteiger partial charge in [-0.15, -0.1) is 0 Å². The maximum absolute atomic E-state index is 13.4. The smallest absolute Gasteiger partial charge is 0.255 e. The number of carbonyl (C=O) groups excluding carboxylic acids is 1. The molecule has 1 amide bonds. The Hall–Kier alpha value is -3.38. The zero-order valence-electron chi connectivity index (χ0n) is 19.7. The van der Waals surface area contributed by atoms with Crippen LogP contribution in [0.15, 0.2) is 72.5 Å². The molecule has 0 aromatic carbocycles. The van der Waals surface area contributed by atoms with Crippen LogP contribution >= 0.6 is 0 Å². The SMILES string of the molecule is CCc1cc(C2=CC(=O)N3C=C(N4C[C@@H](C)N[C@@H](C)C4)C=C/C3=C\C=C2)cn2cc(C)nc12. The maximum Gasteiger partial charge on any atom is 0.255 e. The molecular weight excluding hydrogens is 410 g/mol. The summed E-state index contributed by atoms with van der Waals surface area (Å²) in [4.78, 5) is 22.2. The van der Waals surface area contributed by atoms with Crippen LogP contribution in [0.25, 0.3) is 11.2 Å². The number of nitrogens with zero attached hydrogens (tertiary/aromatic N) is 4. The number of nitrogens with one attached hydrogen (secondary N) is 1. The van der Waals surface area contributed by atoms with Crippen LogP contribution in [0.1, 0.15) is 37.6 Å². The topological polar surface area (TPSA) is 52.9 Å². The number of carbonyl (C=O) groups is 1. The van der Waals surface area contributed by atoms with Crippen molar-refractivity contribution in [3.63, 3.8) is 0 Å². The Labute approximate surface area is 195 Å². The summed E-state index contributed by atoms with van der Waals surface area (Å²) >= 11 is 0. The quantitative estimate of drug-likeness (QED) is 0.783. The summed E-state index contributed by atoms with van der Waals surface area (Å²) in [6.07, 6.45) is 18.9. The molecular formula is C27H31N5O. The molecule has 2 aromatic rings. The minimum Gasteiger partial charge on any atom is -0.367 e. The van der Waals surface area contributed by atoms with Gasteiger partial charge in [-0.3, -0.25) is 9.69 Å². The van der Waals surface area contributed by atoms with Crippen LogP contribution in [-0.4, -0.2) is 50.3 Å². The third kappa shape index (κ3) is 4.18. The van der Waals surface area contributed by atoms with E-state index < -0.39 is 0 Å². The van der Waals surface area contributed by atoms with Crippen LogP contribution in [0.5, 0.6) is 0 Å². The lowest BCUT2D eigenvalue weighted by Gasteiger charge is -2.39. The molecule has 5 heterocycles. The second-order valence-electron chi connectivity index (χ2n) is 9.24. The molecule has 0 radical (unpaired) electrons. The molecule has 33 heavy (non-hydrogen) atoms. The first-order valence-corrected chi connectivity index (χ1v) is 11.7. The van der Waals surface area contributed by atoms with Crippen molar-refractivity contribution in [2.45, 2.75) is 46.2 Å². The number of hydrogen-bond acceptors (Lipinski definition) is 4. The lowest BCUT2D eigenvalue weighted by molar-refractivity contribution is -0.122. The number of allylic oxidation sites excluding steroid dienone is 6. The van der Waals surface area contributed by atoms with Crippen LogP contribution in [0, 0.1) is 6.92 Å². The normalized spacial score (nSPS) is 24.7. The Bertz CT molecular complexity index is 1250. The molecule has 6 heteroatoms. The molecule has 3 aliphatic heterocycles. The molecule has 170 valence electrons. The largest absolute Gasteiger partial charge is 0.367 e. The van der Waals surface area contributed by atoms with E-state index in [1.165, 1.54) is 5.56 Å². The molecule has 0 spiro atoms. The number of rotatable bonds is 3. The van der Waals surface area contributed by atoms with E-state index in [1.54, 1.807) is 11.0 Å². The van der Waals surface area contributed by atoms with Crippen LogP contribution in [0.2, 0.25) is 0 Å². The highest BCUT2D eigenvalue weighted by atomic mass is 16.2. The van der Waals surface area contributed by atoms with Crippen LogP contribution < -0.4 is 5.32 Å². The van der Waals surface area contributed by atoms with E-state index in [9.17, 15) is 4.79 Å². The summed E-state index contributed by atoms with van der Waals surface area (Å²) < 4.78 is 2.07. The molecule has 1 fully saturated rings. The van der Waals surface area contributed by atoms with Gasteiger partial charge in [0, 0.05) is 55.5 Å². The molecule has 3 aliphatic rings. The summed E-state index contributed by atoms with van der Waals surface area (Å²) in [7, 11) is 0. The van der Waals surface area contributed by atoms with E-state index in [4.69, 9.17) is 0 Å². The van der Waals surface area contributed by atoms with Gasteiger partial charge in [0.15, 0.2) is 0 Å². The third-order valence-corrected chi connectivity index (χ3v) is 6.41. The standard InChI is InChI=1S/C27H31N5O/c1-5-21-11-23(16-31-15-20(4)29-27(21)31)22-7-6-8-24-9-10-25(17-32(24)26(33)12-22)30-13-18(2)28-19(3)14-30/h6-12,15-19,28H,5,13-14H2,1-4H3/b7-6?,22-12?,24-8+/t18-,19+. The summed E-state index contributed by atoms with van der Waals surface area (Å²) in [5, 5.41) is 3.57. The average Bonchev–Trinajstić information content (AvgIpc) is 3.15. The summed E-state index contributed by atoms with van der Waals surface area (Å²) in [5.41, 5.74) is 7.00. The number of pyridine rings is 1. The van der Waals surface area contributed by atoms with Gasteiger partial charge in [0.1, 0.15) is 5.65 Å². The van der Waals surface area contributed by atoms with Gasteiger partial charge in [0.2, 0.25) is 0 Å².